The third kappa shape index (κ3) is 4.83. The molecule has 1 aromatic rings. The number of hydrogen-bond acceptors (Lipinski definition) is 4. The fraction of sp³-hybridized carbons (Fsp3) is 0.533. The molecule has 0 aliphatic carbocycles. The van der Waals surface area contributed by atoms with E-state index >= 15 is 0 Å². The van der Waals surface area contributed by atoms with Crippen LogP contribution in [-0.4, -0.2) is 39.4 Å². The van der Waals surface area contributed by atoms with Gasteiger partial charge in [-0.2, -0.15) is 0 Å². The first kappa shape index (κ1) is 14.8. The van der Waals surface area contributed by atoms with Crippen LogP contribution >= 0.6 is 0 Å². The largest absolute Gasteiger partial charge is 0.385 e. The van der Waals surface area contributed by atoms with Crippen LogP contribution in [0.5, 0.6) is 0 Å². The quantitative estimate of drug-likeness (QED) is 0.836. The van der Waals surface area contributed by atoms with Crippen LogP contribution in [0.1, 0.15) is 12.8 Å². The number of benzene rings is 1. The van der Waals surface area contributed by atoms with Crippen molar-refractivity contribution in [3.8, 4) is 0 Å². The van der Waals surface area contributed by atoms with Gasteiger partial charge in [-0.05, 0) is 37.0 Å². The summed E-state index contributed by atoms with van der Waals surface area (Å²) in [5, 5.41) is 6.19. The summed E-state index contributed by atoms with van der Waals surface area (Å²) < 4.78 is 10.3. The summed E-state index contributed by atoms with van der Waals surface area (Å²) in [6.45, 7) is 2.68. The molecule has 1 aliphatic rings. The number of anilines is 2. The summed E-state index contributed by atoms with van der Waals surface area (Å²) in [6, 6.07) is 7.71. The molecule has 1 aromatic carbocycles. The molecule has 1 fully saturated rings. The molecular weight excluding hydrogens is 256 g/mol. The van der Waals surface area contributed by atoms with E-state index in [-0.39, 0.29) is 12.5 Å². The maximum Gasteiger partial charge on any atom is 0.250 e. The Labute approximate surface area is 119 Å². The van der Waals surface area contributed by atoms with E-state index in [1.165, 1.54) is 13.5 Å². The number of hydrogen-bond donors (Lipinski definition) is 2. The highest BCUT2D eigenvalue weighted by atomic mass is 16.5. The summed E-state index contributed by atoms with van der Waals surface area (Å²) in [5.74, 6) is 0.417. The number of ether oxygens (including phenoxy) is 2. The molecule has 0 spiro atoms. The molecule has 0 bridgehead atoms. The SMILES string of the molecule is COCC(=O)Nc1cccc(NCC2CCCOC2)c1. The molecule has 5 nitrogen and oxygen atoms in total. The second-order valence-corrected chi connectivity index (χ2v) is 5.03. The zero-order valence-corrected chi connectivity index (χ0v) is 11.9. The lowest BCUT2D eigenvalue weighted by atomic mass is 10.0. The van der Waals surface area contributed by atoms with Crippen LogP contribution in [-0.2, 0) is 14.3 Å². The van der Waals surface area contributed by atoms with Gasteiger partial charge in [0.25, 0.3) is 0 Å². The lowest BCUT2D eigenvalue weighted by molar-refractivity contribution is -0.119. The summed E-state index contributed by atoms with van der Waals surface area (Å²) in [5.41, 5.74) is 1.78. The Morgan fingerprint density at radius 2 is 2.30 bits per heavy atom. The number of carbonyl (C=O) groups is 1. The van der Waals surface area contributed by atoms with Gasteiger partial charge in [0.1, 0.15) is 6.61 Å². The molecule has 1 heterocycles. The zero-order valence-electron chi connectivity index (χ0n) is 11.9. The minimum atomic E-state index is -0.148. The number of amides is 1. The topological polar surface area (TPSA) is 59.6 Å². The van der Waals surface area contributed by atoms with E-state index in [0.29, 0.717) is 5.92 Å². The van der Waals surface area contributed by atoms with Gasteiger partial charge in [0.15, 0.2) is 0 Å². The van der Waals surface area contributed by atoms with Crippen molar-refractivity contribution >= 4 is 17.3 Å². The molecule has 1 saturated heterocycles. The molecule has 20 heavy (non-hydrogen) atoms. The summed E-state index contributed by atoms with van der Waals surface area (Å²) in [7, 11) is 1.50. The van der Waals surface area contributed by atoms with Crippen molar-refractivity contribution in [2.24, 2.45) is 5.92 Å². The molecule has 1 atom stereocenters. The molecule has 1 aliphatic heterocycles. The van der Waals surface area contributed by atoms with Crippen molar-refractivity contribution in [1.29, 1.82) is 0 Å². The predicted molar refractivity (Wildman–Crippen MR) is 79.0 cm³/mol. The molecular formula is C15H22N2O3. The Morgan fingerprint density at radius 1 is 1.45 bits per heavy atom. The van der Waals surface area contributed by atoms with Gasteiger partial charge in [0, 0.05) is 31.6 Å². The second-order valence-electron chi connectivity index (χ2n) is 5.03. The molecule has 1 amide bonds. The molecule has 2 N–H and O–H groups in total. The number of methoxy groups -OCH3 is 1. The first-order valence-corrected chi connectivity index (χ1v) is 6.98. The van der Waals surface area contributed by atoms with E-state index in [4.69, 9.17) is 9.47 Å². The van der Waals surface area contributed by atoms with Crippen molar-refractivity contribution in [1.82, 2.24) is 0 Å². The molecule has 0 aromatic heterocycles. The predicted octanol–water partition coefficient (Wildman–Crippen LogP) is 2.11. The average Bonchev–Trinajstić information content (AvgIpc) is 2.47. The minimum absolute atomic E-state index is 0.0665. The van der Waals surface area contributed by atoms with Crippen LogP contribution in [0, 0.1) is 5.92 Å². The third-order valence-corrected chi connectivity index (χ3v) is 3.27. The minimum Gasteiger partial charge on any atom is -0.385 e. The van der Waals surface area contributed by atoms with Gasteiger partial charge in [-0.25, -0.2) is 0 Å². The van der Waals surface area contributed by atoms with Crippen molar-refractivity contribution in [2.75, 3.05) is 44.1 Å². The van der Waals surface area contributed by atoms with E-state index < -0.39 is 0 Å². The van der Waals surface area contributed by atoms with E-state index in [2.05, 4.69) is 10.6 Å². The van der Waals surface area contributed by atoms with E-state index in [0.717, 1.165) is 37.6 Å². The Balaban J connectivity index is 1.83. The van der Waals surface area contributed by atoms with Crippen molar-refractivity contribution in [3.05, 3.63) is 24.3 Å². The van der Waals surface area contributed by atoms with Crippen LogP contribution in [0.15, 0.2) is 24.3 Å². The van der Waals surface area contributed by atoms with Crippen molar-refractivity contribution in [2.45, 2.75) is 12.8 Å². The lowest BCUT2D eigenvalue weighted by Crippen LogP contribution is -2.24. The van der Waals surface area contributed by atoms with Crippen LogP contribution in [0.3, 0.4) is 0 Å². The molecule has 0 radical (unpaired) electrons. The molecule has 1 unspecified atom stereocenters. The third-order valence-electron chi connectivity index (χ3n) is 3.27. The Bertz CT molecular complexity index is 431. The number of carbonyl (C=O) groups excluding carboxylic acids is 1. The summed E-state index contributed by atoms with van der Waals surface area (Å²) in [6.07, 6.45) is 2.34. The Kier molecular flexibility index (Phi) is 5.83. The van der Waals surface area contributed by atoms with Crippen LogP contribution in [0.25, 0.3) is 0 Å². The van der Waals surface area contributed by atoms with Crippen LogP contribution in [0.2, 0.25) is 0 Å². The van der Waals surface area contributed by atoms with Gasteiger partial charge in [0.05, 0.1) is 6.61 Å². The maximum atomic E-state index is 11.5. The van der Waals surface area contributed by atoms with Crippen LogP contribution in [0.4, 0.5) is 11.4 Å². The Hall–Kier alpha value is -1.59. The zero-order chi connectivity index (χ0) is 14.2. The molecule has 2 rings (SSSR count). The highest BCUT2D eigenvalue weighted by Crippen LogP contribution is 2.18. The normalized spacial score (nSPS) is 18.6. The van der Waals surface area contributed by atoms with Gasteiger partial charge >= 0.3 is 0 Å². The highest BCUT2D eigenvalue weighted by Gasteiger charge is 2.13. The smallest absolute Gasteiger partial charge is 0.250 e. The average molecular weight is 278 g/mol. The Morgan fingerprint density at radius 3 is 3.05 bits per heavy atom. The molecule has 5 heteroatoms. The van der Waals surface area contributed by atoms with E-state index in [1.807, 2.05) is 24.3 Å². The number of rotatable bonds is 6. The van der Waals surface area contributed by atoms with Gasteiger partial charge in [-0.3, -0.25) is 4.79 Å². The maximum absolute atomic E-state index is 11.5. The standard InChI is InChI=1S/C15H22N2O3/c1-19-11-15(18)17-14-6-2-5-13(8-14)16-9-12-4-3-7-20-10-12/h2,5-6,8,12,16H,3-4,7,9-11H2,1H3,(H,17,18). The second kappa shape index (κ2) is 7.87. The first-order chi connectivity index (χ1) is 9.78. The van der Waals surface area contributed by atoms with Gasteiger partial charge in [-0.1, -0.05) is 6.07 Å². The van der Waals surface area contributed by atoms with Gasteiger partial charge < -0.3 is 20.1 Å². The van der Waals surface area contributed by atoms with E-state index in [1.54, 1.807) is 0 Å². The number of nitrogens with one attached hydrogen (secondary N) is 2. The fourth-order valence-corrected chi connectivity index (χ4v) is 2.27. The monoisotopic (exact) mass is 278 g/mol. The van der Waals surface area contributed by atoms with Crippen molar-refractivity contribution < 1.29 is 14.3 Å². The summed E-state index contributed by atoms with van der Waals surface area (Å²) >= 11 is 0. The molecule has 110 valence electrons. The highest BCUT2D eigenvalue weighted by molar-refractivity contribution is 5.92. The van der Waals surface area contributed by atoms with Gasteiger partial charge in [-0.15, -0.1) is 0 Å². The fourth-order valence-electron chi connectivity index (χ4n) is 2.27. The lowest BCUT2D eigenvalue weighted by Gasteiger charge is -2.22. The first-order valence-electron chi connectivity index (χ1n) is 6.98. The van der Waals surface area contributed by atoms with E-state index in [9.17, 15) is 4.79 Å². The van der Waals surface area contributed by atoms with Gasteiger partial charge in [0.2, 0.25) is 5.91 Å². The van der Waals surface area contributed by atoms with Crippen molar-refractivity contribution in [3.63, 3.8) is 0 Å². The molecule has 0 saturated carbocycles. The summed E-state index contributed by atoms with van der Waals surface area (Å²) in [4.78, 5) is 11.5. The van der Waals surface area contributed by atoms with Crippen LogP contribution < -0.4 is 10.6 Å².